The molecule has 0 aliphatic carbocycles. The molecule has 0 aromatic heterocycles. The summed E-state index contributed by atoms with van der Waals surface area (Å²) in [6.45, 7) is 0. The summed E-state index contributed by atoms with van der Waals surface area (Å²) < 4.78 is 48.4. The Labute approximate surface area is 124 Å². The number of benzene rings is 1. The molecule has 1 aromatic rings. The summed E-state index contributed by atoms with van der Waals surface area (Å²) in [5, 5.41) is 0.390. The number of hydrogen-bond acceptors (Lipinski definition) is 3. The molecule has 0 aliphatic rings. The van der Waals surface area contributed by atoms with Gasteiger partial charge in [0.05, 0.1) is 26.1 Å². The third-order valence-electron chi connectivity index (χ3n) is 2.42. The van der Waals surface area contributed by atoms with Gasteiger partial charge < -0.3 is 9.47 Å². The first-order chi connectivity index (χ1) is 9.79. The van der Waals surface area contributed by atoms with Crippen LogP contribution in [0.25, 0.3) is 6.08 Å². The fourth-order valence-electron chi connectivity index (χ4n) is 1.49. The van der Waals surface area contributed by atoms with Gasteiger partial charge in [-0.15, -0.1) is 0 Å². The second-order valence-electron chi connectivity index (χ2n) is 3.87. The van der Waals surface area contributed by atoms with Crippen molar-refractivity contribution in [2.45, 2.75) is 6.18 Å². The Balaban J connectivity index is 3.37. The summed E-state index contributed by atoms with van der Waals surface area (Å²) in [6.07, 6.45) is -3.24. The van der Waals surface area contributed by atoms with Crippen LogP contribution in [0.3, 0.4) is 0 Å². The fraction of sp³-hybridized carbons (Fsp3) is 0.214. The molecule has 1 rings (SSSR count). The average Bonchev–Trinajstić information content (AvgIpc) is 2.42. The number of rotatable bonds is 4. The zero-order valence-electron chi connectivity index (χ0n) is 11.2. The Kier molecular flexibility index (Phi) is 5.84. The van der Waals surface area contributed by atoms with Crippen molar-refractivity contribution < 1.29 is 27.4 Å². The van der Waals surface area contributed by atoms with E-state index in [9.17, 15) is 18.0 Å². The van der Waals surface area contributed by atoms with Gasteiger partial charge in [0.25, 0.3) is 0 Å². The number of ether oxygens (including phenoxy) is 2. The highest BCUT2D eigenvalue weighted by molar-refractivity contribution is 6.30. The zero-order chi connectivity index (χ0) is 16.0. The summed E-state index contributed by atoms with van der Waals surface area (Å²) in [5.74, 6) is -1.14. The first kappa shape index (κ1) is 17.1. The molecule has 7 heteroatoms. The second-order valence-corrected chi connectivity index (χ2v) is 4.30. The number of methoxy groups -OCH3 is 2. The monoisotopic (exact) mass is 320 g/mol. The summed E-state index contributed by atoms with van der Waals surface area (Å²) in [5.41, 5.74) is -1.65. The zero-order valence-corrected chi connectivity index (χ0v) is 12.0. The van der Waals surface area contributed by atoms with Crippen LogP contribution in [0.1, 0.15) is 5.56 Å². The maximum atomic E-state index is 13.2. The molecule has 0 heterocycles. The Morgan fingerprint density at radius 2 is 1.76 bits per heavy atom. The quantitative estimate of drug-likeness (QED) is 0.364. The number of alkyl halides is 3. The molecule has 0 amide bonds. The van der Waals surface area contributed by atoms with Gasteiger partial charge in [-0.25, -0.2) is 4.79 Å². The van der Waals surface area contributed by atoms with Gasteiger partial charge in [-0.05, 0) is 23.8 Å². The van der Waals surface area contributed by atoms with E-state index in [1.54, 1.807) is 0 Å². The molecule has 0 N–H and O–H groups in total. The molecule has 0 saturated heterocycles. The number of esters is 1. The predicted octanol–water partition coefficient (Wildman–Crippen LogP) is 3.99. The van der Waals surface area contributed by atoms with Gasteiger partial charge >= 0.3 is 12.1 Å². The van der Waals surface area contributed by atoms with Gasteiger partial charge in [-0.3, -0.25) is 0 Å². The Morgan fingerprint density at radius 1 is 1.19 bits per heavy atom. The van der Waals surface area contributed by atoms with Crippen LogP contribution in [0.4, 0.5) is 13.2 Å². The maximum absolute atomic E-state index is 13.2. The predicted molar refractivity (Wildman–Crippen MR) is 72.6 cm³/mol. The normalized spacial score (nSPS) is 13.0. The molecule has 0 atom stereocenters. The van der Waals surface area contributed by atoms with Crippen LogP contribution in [-0.4, -0.2) is 26.4 Å². The average molecular weight is 321 g/mol. The molecular formula is C14H12ClF3O3. The van der Waals surface area contributed by atoms with Crippen molar-refractivity contribution in [2.75, 3.05) is 14.2 Å². The van der Waals surface area contributed by atoms with Crippen molar-refractivity contribution in [1.82, 2.24) is 0 Å². The van der Waals surface area contributed by atoms with E-state index in [1.165, 1.54) is 24.3 Å². The number of carbonyl (C=O) groups is 1. The summed E-state index contributed by atoms with van der Waals surface area (Å²) in [4.78, 5) is 11.5. The van der Waals surface area contributed by atoms with Crippen molar-refractivity contribution in [3.63, 3.8) is 0 Å². The molecule has 0 saturated carbocycles. The molecule has 114 valence electrons. The molecule has 3 nitrogen and oxygen atoms in total. The van der Waals surface area contributed by atoms with Gasteiger partial charge in [0, 0.05) is 5.02 Å². The van der Waals surface area contributed by atoms with Crippen LogP contribution in [0.5, 0.6) is 0 Å². The minimum Gasteiger partial charge on any atom is -0.503 e. The van der Waals surface area contributed by atoms with Crippen molar-refractivity contribution in [3.8, 4) is 0 Å². The lowest BCUT2D eigenvalue weighted by atomic mass is 10.0. The molecule has 0 aliphatic heterocycles. The largest absolute Gasteiger partial charge is 0.503 e. The van der Waals surface area contributed by atoms with Crippen molar-refractivity contribution >= 4 is 23.6 Å². The SMILES string of the molecule is COC=C(C(=O)OC)C(=Cc1ccc(Cl)cc1)C(F)(F)F. The van der Waals surface area contributed by atoms with Crippen LogP contribution in [0, 0.1) is 0 Å². The van der Waals surface area contributed by atoms with Gasteiger partial charge in [-0.2, -0.15) is 13.2 Å². The lowest BCUT2D eigenvalue weighted by Gasteiger charge is -2.14. The second kappa shape index (κ2) is 7.17. The summed E-state index contributed by atoms with van der Waals surface area (Å²) >= 11 is 5.67. The molecule has 1 aromatic carbocycles. The molecule has 0 bridgehead atoms. The van der Waals surface area contributed by atoms with Crippen LogP contribution >= 0.6 is 11.6 Å². The number of halogens is 4. The number of carbonyl (C=O) groups excluding carboxylic acids is 1. The first-order valence-corrected chi connectivity index (χ1v) is 6.03. The van der Waals surface area contributed by atoms with E-state index in [0.717, 1.165) is 20.3 Å². The van der Waals surface area contributed by atoms with Crippen LogP contribution in [-0.2, 0) is 14.3 Å². The van der Waals surface area contributed by atoms with Gasteiger partial charge in [-0.1, -0.05) is 23.7 Å². The lowest BCUT2D eigenvalue weighted by Crippen LogP contribution is -2.19. The Bertz CT molecular complexity index is 560. The molecule has 21 heavy (non-hydrogen) atoms. The molecule has 0 unspecified atom stereocenters. The van der Waals surface area contributed by atoms with Crippen molar-refractivity contribution in [2.24, 2.45) is 0 Å². The third-order valence-corrected chi connectivity index (χ3v) is 2.67. The van der Waals surface area contributed by atoms with Gasteiger partial charge in [0.1, 0.15) is 5.57 Å². The molecule has 0 radical (unpaired) electrons. The van der Waals surface area contributed by atoms with E-state index < -0.39 is 23.3 Å². The van der Waals surface area contributed by atoms with Gasteiger partial charge in [0.2, 0.25) is 0 Å². The first-order valence-electron chi connectivity index (χ1n) is 5.65. The minimum absolute atomic E-state index is 0.234. The van der Waals surface area contributed by atoms with Crippen LogP contribution in [0.2, 0.25) is 5.02 Å². The highest BCUT2D eigenvalue weighted by atomic mass is 35.5. The van der Waals surface area contributed by atoms with E-state index >= 15 is 0 Å². The molecular weight excluding hydrogens is 309 g/mol. The highest BCUT2D eigenvalue weighted by Gasteiger charge is 2.39. The third kappa shape index (κ3) is 4.82. The summed E-state index contributed by atoms with van der Waals surface area (Å²) in [7, 11) is 2.13. The Morgan fingerprint density at radius 3 is 2.19 bits per heavy atom. The topological polar surface area (TPSA) is 35.5 Å². The van der Waals surface area contributed by atoms with E-state index in [4.69, 9.17) is 11.6 Å². The van der Waals surface area contributed by atoms with Crippen molar-refractivity contribution in [1.29, 1.82) is 0 Å². The van der Waals surface area contributed by atoms with E-state index in [1.807, 2.05) is 0 Å². The maximum Gasteiger partial charge on any atom is 0.417 e. The van der Waals surface area contributed by atoms with Crippen LogP contribution < -0.4 is 0 Å². The van der Waals surface area contributed by atoms with E-state index in [-0.39, 0.29) is 5.56 Å². The van der Waals surface area contributed by atoms with E-state index in [2.05, 4.69) is 9.47 Å². The number of hydrogen-bond donors (Lipinski definition) is 0. The smallest absolute Gasteiger partial charge is 0.417 e. The van der Waals surface area contributed by atoms with Gasteiger partial charge in [0.15, 0.2) is 0 Å². The van der Waals surface area contributed by atoms with Crippen molar-refractivity contribution in [3.05, 3.63) is 52.3 Å². The Hall–Kier alpha value is -1.95. The van der Waals surface area contributed by atoms with E-state index in [0.29, 0.717) is 11.3 Å². The fourth-order valence-corrected chi connectivity index (χ4v) is 1.61. The standard InChI is InChI=1S/C14H12ClF3O3/c1-20-8-11(13(19)21-2)12(14(16,17)18)7-9-3-5-10(15)6-4-9/h3-8H,1-2H3. The molecule has 0 spiro atoms. The molecule has 0 fully saturated rings. The summed E-state index contributed by atoms with van der Waals surface area (Å²) in [6, 6.07) is 5.68. The van der Waals surface area contributed by atoms with Crippen LogP contribution in [0.15, 0.2) is 41.7 Å². The lowest BCUT2D eigenvalue weighted by molar-refractivity contribution is -0.137. The highest BCUT2D eigenvalue weighted by Crippen LogP contribution is 2.33. The minimum atomic E-state index is -4.75.